The molecule has 0 spiro atoms. The average molecular weight is 212 g/mol. The Balaban J connectivity index is 2.96. The van der Waals surface area contributed by atoms with Crippen LogP contribution in [0.2, 0.25) is 0 Å². The van der Waals surface area contributed by atoms with Crippen molar-refractivity contribution in [2.24, 2.45) is 0 Å². The van der Waals surface area contributed by atoms with Crippen molar-refractivity contribution in [3.8, 4) is 0 Å². The van der Waals surface area contributed by atoms with Crippen LogP contribution < -0.4 is 0 Å². The van der Waals surface area contributed by atoms with Gasteiger partial charge in [0, 0.05) is 6.08 Å². The first-order valence-corrected chi connectivity index (χ1v) is 4.63. The fraction of sp³-hybridized carbons (Fsp3) is 0.400. The summed E-state index contributed by atoms with van der Waals surface area (Å²) in [6.07, 6.45) is 1.49. The van der Waals surface area contributed by atoms with Crippen molar-refractivity contribution in [1.82, 2.24) is 0 Å². The monoisotopic (exact) mass is 212 g/mol. The topological polar surface area (TPSA) is 72.8 Å². The zero-order chi connectivity index (χ0) is 11.4. The Labute approximate surface area is 87.0 Å². The molecule has 1 rings (SSSR count). The molecule has 0 fully saturated rings. The Hall–Kier alpha value is -1.78. The van der Waals surface area contributed by atoms with Crippen LogP contribution in [0.5, 0.6) is 0 Å². The summed E-state index contributed by atoms with van der Waals surface area (Å²) in [4.78, 5) is 22.3. The third-order valence-corrected chi connectivity index (χ3v) is 1.85. The number of esters is 2. The number of allylic oxidation sites excluding steroid dienone is 1. The van der Waals surface area contributed by atoms with Gasteiger partial charge in [-0.25, -0.2) is 9.59 Å². The van der Waals surface area contributed by atoms with Gasteiger partial charge in [-0.3, -0.25) is 0 Å². The molecule has 0 aromatic heterocycles. The van der Waals surface area contributed by atoms with Gasteiger partial charge in [-0.15, -0.1) is 0 Å². The van der Waals surface area contributed by atoms with E-state index in [0.29, 0.717) is 6.42 Å². The summed E-state index contributed by atoms with van der Waals surface area (Å²) >= 11 is 0. The number of aliphatic hydroxyl groups is 1. The minimum Gasteiger partial charge on any atom is -0.502 e. The quantitative estimate of drug-likeness (QED) is 0.562. The minimum atomic E-state index is -0.847. The van der Waals surface area contributed by atoms with Crippen molar-refractivity contribution >= 4 is 11.9 Å². The van der Waals surface area contributed by atoms with Gasteiger partial charge in [-0.2, -0.15) is 0 Å². The van der Waals surface area contributed by atoms with E-state index < -0.39 is 17.7 Å². The van der Waals surface area contributed by atoms with E-state index in [0.717, 1.165) is 6.08 Å². The van der Waals surface area contributed by atoms with Crippen molar-refractivity contribution < 1.29 is 24.2 Å². The molecule has 1 N–H and O–H groups in total. The van der Waals surface area contributed by atoms with Crippen LogP contribution in [0.4, 0.5) is 0 Å². The van der Waals surface area contributed by atoms with E-state index >= 15 is 0 Å². The summed E-state index contributed by atoms with van der Waals surface area (Å²) in [5.74, 6) is -1.81. The predicted octanol–water partition coefficient (Wildman–Crippen LogP) is 1.21. The first-order chi connectivity index (χ1) is 7.10. The van der Waals surface area contributed by atoms with Gasteiger partial charge in [0.2, 0.25) is 5.76 Å². The maximum absolute atomic E-state index is 11.4. The molecule has 0 aliphatic carbocycles. The fourth-order valence-electron chi connectivity index (χ4n) is 1.15. The van der Waals surface area contributed by atoms with Gasteiger partial charge in [0.15, 0.2) is 0 Å². The molecule has 15 heavy (non-hydrogen) atoms. The number of ether oxygens (including phenoxy) is 2. The van der Waals surface area contributed by atoms with E-state index in [9.17, 15) is 9.59 Å². The molecule has 82 valence electrons. The van der Waals surface area contributed by atoms with Gasteiger partial charge in [0.05, 0.1) is 12.2 Å². The Kier molecular flexibility index (Phi) is 3.49. The molecule has 0 aromatic carbocycles. The largest absolute Gasteiger partial charge is 0.502 e. The fourth-order valence-corrected chi connectivity index (χ4v) is 1.15. The molecule has 1 heterocycles. The molecule has 1 aliphatic rings. The molecular formula is C10H12O5. The highest BCUT2D eigenvalue weighted by atomic mass is 16.6. The van der Waals surface area contributed by atoms with Gasteiger partial charge in [-0.05, 0) is 13.3 Å². The molecule has 0 radical (unpaired) electrons. The molecule has 0 unspecified atom stereocenters. The van der Waals surface area contributed by atoms with Crippen LogP contribution in [-0.4, -0.2) is 23.7 Å². The molecule has 0 saturated heterocycles. The van der Waals surface area contributed by atoms with Gasteiger partial charge in [0.1, 0.15) is 5.76 Å². The maximum Gasteiger partial charge on any atom is 0.378 e. The lowest BCUT2D eigenvalue weighted by Gasteiger charge is -2.05. The van der Waals surface area contributed by atoms with Crippen LogP contribution in [-0.2, 0) is 19.1 Å². The van der Waals surface area contributed by atoms with Gasteiger partial charge in [0.25, 0.3) is 0 Å². The van der Waals surface area contributed by atoms with E-state index in [4.69, 9.17) is 14.6 Å². The number of cyclic esters (lactones) is 1. The van der Waals surface area contributed by atoms with E-state index in [1.807, 2.05) is 0 Å². The number of rotatable bonds is 3. The van der Waals surface area contributed by atoms with Gasteiger partial charge in [-0.1, -0.05) is 6.92 Å². The summed E-state index contributed by atoms with van der Waals surface area (Å²) in [5.41, 5.74) is 0.245. The summed E-state index contributed by atoms with van der Waals surface area (Å²) in [5, 5.41) is 9.02. The van der Waals surface area contributed by atoms with Crippen molar-refractivity contribution in [2.45, 2.75) is 20.3 Å². The third kappa shape index (κ3) is 2.37. The molecule has 0 saturated carbocycles. The number of aliphatic hydroxyl groups excluding tert-OH is 1. The molecule has 0 amide bonds. The zero-order valence-electron chi connectivity index (χ0n) is 8.57. The molecule has 0 aromatic rings. The highest BCUT2D eigenvalue weighted by Gasteiger charge is 2.25. The minimum absolute atomic E-state index is 0.0680. The zero-order valence-corrected chi connectivity index (χ0v) is 8.57. The average Bonchev–Trinajstić information content (AvgIpc) is 2.48. The second-order valence-electron chi connectivity index (χ2n) is 2.84. The van der Waals surface area contributed by atoms with Gasteiger partial charge >= 0.3 is 11.9 Å². The molecule has 1 aliphatic heterocycles. The number of hydrogen-bond acceptors (Lipinski definition) is 5. The molecule has 5 nitrogen and oxygen atoms in total. The smallest absolute Gasteiger partial charge is 0.378 e. The normalized spacial score (nSPS) is 18.3. The number of carbonyl (C=O) groups is 2. The SMILES string of the molecule is CCOC(=O)/C(CC)=C1\C=C(O)C(=O)O1. The summed E-state index contributed by atoms with van der Waals surface area (Å²) in [6, 6.07) is 0. The van der Waals surface area contributed by atoms with E-state index in [1.54, 1.807) is 13.8 Å². The van der Waals surface area contributed by atoms with Crippen molar-refractivity contribution in [1.29, 1.82) is 0 Å². The predicted molar refractivity (Wildman–Crippen MR) is 50.8 cm³/mol. The van der Waals surface area contributed by atoms with Crippen LogP contribution in [0.25, 0.3) is 0 Å². The van der Waals surface area contributed by atoms with Crippen LogP contribution in [0.15, 0.2) is 23.2 Å². The van der Waals surface area contributed by atoms with Crippen LogP contribution in [0, 0.1) is 0 Å². The Morgan fingerprint density at radius 3 is 2.60 bits per heavy atom. The van der Waals surface area contributed by atoms with E-state index in [2.05, 4.69) is 0 Å². The Morgan fingerprint density at radius 1 is 1.53 bits per heavy atom. The van der Waals surface area contributed by atoms with Crippen LogP contribution in [0.3, 0.4) is 0 Å². The standard InChI is InChI=1S/C10H12O5/c1-3-6(9(12)14-4-2)8-5-7(11)10(13)15-8/h5,11H,3-4H2,1-2H3/b8-6+. The number of hydrogen-bond donors (Lipinski definition) is 1. The molecular weight excluding hydrogens is 200 g/mol. The molecule has 0 atom stereocenters. The lowest BCUT2D eigenvalue weighted by molar-refractivity contribution is -0.139. The van der Waals surface area contributed by atoms with Crippen LogP contribution >= 0.6 is 0 Å². The summed E-state index contributed by atoms with van der Waals surface area (Å²) < 4.78 is 9.47. The number of carbonyl (C=O) groups excluding carboxylic acids is 2. The first-order valence-electron chi connectivity index (χ1n) is 4.63. The highest BCUT2D eigenvalue weighted by molar-refractivity contribution is 5.95. The van der Waals surface area contributed by atoms with Crippen LogP contribution in [0.1, 0.15) is 20.3 Å². The van der Waals surface area contributed by atoms with Crippen molar-refractivity contribution in [2.75, 3.05) is 6.61 Å². The lowest BCUT2D eigenvalue weighted by Crippen LogP contribution is -2.10. The Bertz CT molecular complexity index is 351. The third-order valence-electron chi connectivity index (χ3n) is 1.85. The van der Waals surface area contributed by atoms with Crippen molar-refractivity contribution in [3.63, 3.8) is 0 Å². The molecule has 5 heteroatoms. The van der Waals surface area contributed by atoms with E-state index in [1.165, 1.54) is 0 Å². The summed E-state index contributed by atoms with van der Waals surface area (Å²) in [6.45, 7) is 3.67. The van der Waals surface area contributed by atoms with Crippen molar-refractivity contribution in [3.05, 3.63) is 23.2 Å². The first kappa shape index (κ1) is 11.3. The van der Waals surface area contributed by atoms with Gasteiger partial charge < -0.3 is 14.6 Å². The second kappa shape index (κ2) is 4.63. The lowest BCUT2D eigenvalue weighted by atomic mass is 10.1. The summed E-state index contributed by atoms with van der Waals surface area (Å²) in [7, 11) is 0. The van der Waals surface area contributed by atoms with E-state index in [-0.39, 0.29) is 17.9 Å². The Morgan fingerprint density at radius 2 is 2.20 bits per heavy atom. The molecule has 0 bridgehead atoms. The highest BCUT2D eigenvalue weighted by Crippen LogP contribution is 2.21. The maximum atomic E-state index is 11.4. The second-order valence-corrected chi connectivity index (χ2v) is 2.84.